The maximum Gasteiger partial charge on any atom is 0.142 e. The molecule has 0 aromatic heterocycles. The van der Waals surface area contributed by atoms with Gasteiger partial charge in [0.25, 0.3) is 0 Å². The van der Waals surface area contributed by atoms with Crippen LogP contribution in [0.2, 0.25) is 0 Å². The van der Waals surface area contributed by atoms with E-state index in [4.69, 9.17) is 10.5 Å². The van der Waals surface area contributed by atoms with Gasteiger partial charge in [0.1, 0.15) is 5.75 Å². The van der Waals surface area contributed by atoms with Gasteiger partial charge < -0.3 is 10.5 Å². The molecule has 2 aromatic rings. The van der Waals surface area contributed by atoms with Gasteiger partial charge in [-0.1, -0.05) is 18.2 Å². The molecule has 1 aliphatic carbocycles. The third-order valence-corrected chi connectivity index (χ3v) is 4.88. The number of para-hydroxylation sites is 2. The topological polar surface area (TPSA) is 35.2 Å². The molecule has 110 valence electrons. The number of nitrogens with two attached hydrogens (primary N) is 1. The van der Waals surface area contributed by atoms with Gasteiger partial charge in [-0.25, -0.2) is 0 Å². The second-order valence-electron chi connectivity index (χ2n) is 5.37. The smallest absolute Gasteiger partial charge is 0.142 e. The normalized spacial score (nSPS) is 13.1. The number of hydrogen-bond donors (Lipinski definition) is 1. The molecule has 2 nitrogen and oxygen atoms in total. The summed E-state index contributed by atoms with van der Waals surface area (Å²) < 4.78 is 5.71. The predicted molar refractivity (Wildman–Crippen MR) is 90.2 cm³/mol. The van der Waals surface area contributed by atoms with Crippen LogP contribution in [-0.4, -0.2) is 12.4 Å². The predicted octanol–water partition coefficient (Wildman–Crippen LogP) is 4.32. The Morgan fingerprint density at radius 3 is 2.81 bits per heavy atom. The molecule has 0 fully saturated rings. The average Bonchev–Trinajstić information content (AvgIpc) is 2.96. The summed E-state index contributed by atoms with van der Waals surface area (Å²) >= 11 is 1.91. The van der Waals surface area contributed by atoms with Crippen molar-refractivity contribution in [3.8, 4) is 5.75 Å². The van der Waals surface area contributed by atoms with Crippen molar-refractivity contribution in [3.63, 3.8) is 0 Å². The standard InChI is InChI=1S/C18H21NOS/c19-17-7-1-2-8-18(17)20-11-4-12-21-16-10-9-14-5-3-6-15(14)13-16/h1-2,7-10,13H,3-6,11-12,19H2. The Kier molecular flexibility index (Phi) is 4.71. The van der Waals surface area contributed by atoms with Gasteiger partial charge in [-0.3, -0.25) is 0 Å². The molecule has 0 saturated heterocycles. The number of fused-ring (bicyclic) bond motifs is 1. The average molecular weight is 299 g/mol. The van der Waals surface area contributed by atoms with E-state index in [1.54, 1.807) is 11.1 Å². The highest BCUT2D eigenvalue weighted by atomic mass is 32.2. The van der Waals surface area contributed by atoms with Crippen LogP contribution in [0.5, 0.6) is 5.75 Å². The highest BCUT2D eigenvalue weighted by Crippen LogP contribution is 2.28. The summed E-state index contributed by atoms with van der Waals surface area (Å²) in [6, 6.07) is 14.6. The van der Waals surface area contributed by atoms with Crippen molar-refractivity contribution in [2.75, 3.05) is 18.1 Å². The molecule has 0 saturated carbocycles. The number of thioether (sulfide) groups is 1. The molecular formula is C18H21NOS. The number of rotatable bonds is 6. The second-order valence-corrected chi connectivity index (χ2v) is 6.54. The Labute approximate surface area is 130 Å². The minimum Gasteiger partial charge on any atom is -0.491 e. The minimum absolute atomic E-state index is 0.712. The van der Waals surface area contributed by atoms with Crippen molar-refractivity contribution in [1.29, 1.82) is 0 Å². The summed E-state index contributed by atoms with van der Waals surface area (Å²) in [5.41, 5.74) is 9.65. The number of ether oxygens (including phenoxy) is 1. The van der Waals surface area contributed by atoms with Gasteiger partial charge in [-0.15, -0.1) is 11.8 Å². The van der Waals surface area contributed by atoms with Gasteiger partial charge in [0.2, 0.25) is 0 Å². The van der Waals surface area contributed by atoms with Crippen molar-refractivity contribution >= 4 is 17.4 Å². The largest absolute Gasteiger partial charge is 0.491 e. The zero-order valence-electron chi connectivity index (χ0n) is 12.2. The van der Waals surface area contributed by atoms with Gasteiger partial charge in [0.15, 0.2) is 0 Å². The first-order chi connectivity index (χ1) is 10.3. The molecule has 0 bridgehead atoms. The lowest BCUT2D eigenvalue weighted by molar-refractivity contribution is 0.320. The lowest BCUT2D eigenvalue weighted by atomic mass is 10.1. The molecule has 0 atom stereocenters. The van der Waals surface area contributed by atoms with E-state index in [1.165, 1.54) is 24.2 Å². The van der Waals surface area contributed by atoms with E-state index in [0.29, 0.717) is 12.3 Å². The fraction of sp³-hybridized carbons (Fsp3) is 0.333. The van der Waals surface area contributed by atoms with E-state index in [2.05, 4.69) is 18.2 Å². The highest BCUT2D eigenvalue weighted by molar-refractivity contribution is 7.99. The van der Waals surface area contributed by atoms with E-state index in [1.807, 2.05) is 36.0 Å². The Hall–Kier alpha value is -1.61. The molecule has 0 aliphatic heterocycles. The number of aryl methyl sites for hydroxylation is 2. The third-order valence-electron chi connectivity index (χ3n) is 3.80. The Morgan fingerprint density at radius 2 is 1.90 bits per heavy atom. The van der Waals surface area contributed by atoms with Crippen LogP contribution in [0.1, 0.15) is 24.0 Å². The summed E-state index contributed by atoms with van der Waals surface area (Å²) in [6.07, 6.45) is 4.85. The van der Waals surface area contributed by atoms with Crippen LogP contribution in [-0.2, 0) is 12.8 Å². The van der Waals surface area contributed by atoms with E-state index >= 15 is 0 Å². The number of hydrogen-bond acceptors (Lipinski definition) is 3. The number of anilines is 1. The molecular weight excluding hydrogens is 278 g/mol. The van der Waals surface area contributed by atoms with Crippen molar-refractivity contribution in [1.82, 2.24) is 0 Å². The van der Waals surface area contributed by atoms with Crippen molar-refractivity contribution in [3.05, 3.63) is 53.6 Å². The highest BCUT2D eigenvalue weighted by Gasteiger charge is 2.10. The van der Waals surface area contributed by atoms with Crippen molar-refractivity contribution in [2.24, 2.45) is 0 Å². The lowest BCUT2D eigenvalue weighted by Crippen LogP contribution is -2.01. The SMILES string of the molecule is Nc1ccccc1OCCCSc1ccc2c(c1)CCC2. The molecule has 2 N–H and O–H groups in total. The summed E-state index contributed by atoms with van der Waals surface area (Å²) in [4.78, 5) is 1.38. The van der Waals surface area contributed by atoms with E-state index in [-0.39, 0.29) is 0 Å². The fourth-order valence-electron chi connectivity index (χ4n) is 2.68. The van der Waals surface area contributed by atoms with Gasteiger partial charge in [-0.05, 0) is 61.1 Å². The Morgan fingerprint density at radius 1 is 1.05 bits per heavy atom. The van der Waals surface area contributed by atoms with Gasteiger partial charge in [0.05, 0.1) is 12.3 Å². The Bertz CT molecular complexity index is 612. The molecule has 0 radical (unpaired) electrons. The van der Waals surface area contributed by atoms with Crippen molar-refractivity contribution in [2.45, 2.75) is 30.6 Å². The third kappa shape index (κ3) is 3.73. The quantitative estimate of drug-likeness (QED) is 0.490. The first kappa shape index (κ1) is 14.3. The molecule has 0 spiro atoms. The van der Waals surface area contributed by atoms with E-state index in [9.17, 15) is 0 Å². The summed E-state index contributed by atoms with van der Waals surface area (Å²) in [6.45, 7) is 0.714. The van der Waals surface area contributed by atoms with Gasteiger partial charge in [-0.2, -0.15) is 0 Å². The van der Waals surface area contributed by atoms with Crippen LogP contribution in [0.25, 0.3) is 0 Å². The molecule has 3 rings (SSSR count). The molecule has 1 aliphatic rings. The van der Waals surface area contributed by atoms with Gasteiger partial charge in [0, 0.05) is 10.6 Å². The van der Waals surface area contributed by atoms with Crippen LogP contribution in [0, 0.1) is 0 Å². The number of nitrogen functional groups attached to an aromatic ring is 1. The van der Waals surface area contributed by atoms with Crippen LogP contribution in [0.3, 0.4) is 0 Å². The number of benzene rings is 2. The molecule has 0 amide bonds. The Balaban J connectivity index is 1.41. The molecule has 0 unspecified atom stereocenters. The maximum atomic E-state index is 5.85. The zero-order valence-corrected chi connectivity index (χ0v) is 13.0. The fourth-order valence-corrected chi connectivity index (χ4v) is 3.57. The zero-order chi connectivity index (χ0) is 14.5. The maximum absolute atomic E-state index is 5.85. The molecule has 3 heteroatoms. The van der Waals surface area contributed by atoms with E-state index < -0.39 is 0 Å². The summed E-state index contributed by atoms with van der Waals surface area (Å²) in [5, 5.41) is 0. The molecule has 2 aromatic carbocycles. The summed E-state index contributed by atoms with van der Waals surface area (Å²) in [5.74, 6) is 1.87. The van der Waals surface area contributed by atoms with Crippen LogP contribution < -0.4 is 10.5 Å². The molecule has 21 heavy (non-hydrogen) atoms. The minimum atomic E-state index is 0.712. The first-order valence-corrected chi connectivity index (χ1v) is 8.53. The first-order valence-electron chi connectivity index (χ1n) is 7.55. The molecule has 0 heterocycles. The van der Waals surface area contributed by atoms with Crippen LogP contribution in [0.4, 0.5) is 5.69 Å². The van der Waals surface area contributed by atoms with Gasteiger partial charge >= 0.3 is 0 Å². The monoisotopic (exact) mass is 299 g/mol. The van der Waals surface area contributed by atoms with Crippen LogP contribution in [0.15, 0.2) is 47.4 Å². The summed E-state index contributed by atoms with van der Waals surface area (Å²) in [7, 11) is 0. The lowest BCUT2D eigenvalue weighted by Gasteiger charge is -2.08. The second kappa shape index (κ2) is 6.90. The van der Waals surface area contributed by atoms with E-state index in [0.717, 1.165) is 17.9 Å². The van der Waals surface area contributed by atoms with Crippen LogP contribution >= 0.6 is 11.8 Å². The van der Waals surface area contributed by atoms with Crippen molar-refractivity contribution < 1.29 is 4.74 Å².